The van der Waals surface area contributed by atoms with Gasteiger partial charge in [-0.1, -0.05) is 0 Å². The van der Waals surface area contributed by atoms with Crippen molar-refractivity contribution in [2.75, 3.05) is 5.32 Å². The molecule has 1 heterocycles. The average Bonchev–Trinajstić information content (AvgIpc) is 3.10. The average molecular weight is 371 g/mol. The number of ether oxygens (including phenoxy) is 1. The summed E-state index contributed by atoms with van der Waals surface area (Å²) in [7, 11) is 0. The number of rotatable bonds is 5. The van der Waals surface area contributed by atoms with Crippen LogP contribution in [0.4, 0.5) is 33.3 Å². The molecule has 3 rings (SSSR count). The van der Waals surface area contributed by atoms with Crippen LogP contribution in [0, 0.1) is 0 Å². The molecule has 0 saturated heterocycles. The Bertz CT molecular complexity index is 865. The van der Waals surface area contributed by atoms with Crippen LogP contribution < -0.4 is 10.1 Å². The Labute approximate surface area is 143 Å². The van der Waals surface area contributed by atoms with Crippen LogP contribution in [0.3, 0.4) is 0 Å². The van der Waals surface area contributed by atoms with Crippen molar-refractivity contribution in [1.82, 2.24) is 20.6 Å². The summed E-state index contributed by atoms with van der Waals surface area (Å²) in [6.45, 7) is -3.01. The van der Waals surface area contributed by atoms with Gasteiger partial charge < -0.3 is 10.1 Å². The van der Waals surface area contributed by atoms with Gasteiger partial charge in [-0.3, -0.25) is 0 Å². The maximum atomic E-state index is 12.6. The molecule has 11 heteroatoms. The lowest BCUT2D eigenvalue weighted by Gasteiger charge is -2.13. The fourth-order valence-corrected chi connectivity index (χ4v) is 2.17. The van der Waals surface area contributed by atoms with Gasteiger partial charge in [0.25, 0.3) is 0 Å². The lowest BCUT2D eigenvalue weighted by atomic mass is 10.1. The summed E-state index contributed by atoms with van der Waals surface area (Å²) in [5, 5.41) is 16.1. The van der Waals surface area contributed by atoms with Crippen molar-refractivity contribution in [3.63, 3.8) is 0 Å². The Morgan fingerprint density at radius 2 is 1.77 bits per heavy atom. The highest BCUT2D eigenvalue weighted by molar-refractivity contribution is 5.78. The Morgan fingerprint density at radius 1 is 1.04 bits per heavy atom. The molecule has 0 aliphatic heterocycles. The van der Waals surface area contributed by atoms with Crippen LogP contribution in [0.25, 0.3) is 11.4 Å². The van der Waals surface area contributed by atoms with Gasteiger partial charge in [-0.2, -0.15) is 27.2 Å². The maximum absolute atomic E-state index is 12.6. The molecule has 1 aromatic heterocycles. The van der Waals surface area contributed by atoms with E-state index in [-0.39, 0.29) is 17.1 Å². The van der Waals surface area contributed by atoms with Gasteiger partial charge in [-0.05, 0) is 47.7 Å². The number of nitrogens with zero attached hydrogens (tertiary/aromatic N) is 3. The minimum absolute atomic E-state index is 0.0964. The van der Waals surface area contributed by atoms with Gasteiger partial charge in [0, 0.05) is 11.4 Å². The summed E-state index contributed by atoms with van der Waals surface area (Å²) in [4.78, 5) is 0. The van der Waals surface area contributed by atoms with Gasteiger partial charge in [0.1, 0.15) is 5.75 Å². The van der Waals surface area contributed by atoms with E-state index in [1.165, 1.54) is 30.3 Å². The van der Waals surface area contributed by atoms with Gasteiger partial charge in [-0.25, -0.2) is 0 Å². The predicted octanol–water partition coefficient (Wildman–Crippen LogP) is 4.23. The second-order valence-corrected chi connectivity index (χ2v) is 5.02. The van der Waals surface area contributed by atoms with Crippen LogP contribution in [-0.2, 0) is 6.18 Å². The number of halogens is 5. The summed E-state index contributed by atoms with van der Waals surface area (Å²) < 4.78 is 67.0. The number of H-pyrrole nitrogens is 1. The van der Waals surface area contributed by atoms with Crippen molar-refractivity contribution in [1.29, 1.82) is 0 Å². The number of aromatic amines is 1. The third kappa shape index (κ3) is 4.05. The van der Waals surface area contributed by atoms with E-state index < -0.39 is 18.4 Å². The number of nitrogens with one attached hydrogen (secondary N) is 2. The fraction of sp³-hybridized carbons (Fsp3) is 0.133. The molecule has 0 saturated carbocycles. The topological polar surface area (TPSA) is 75.7 Å². The Kier molecular flexibility index (Phi) is 4.69. The predicted molar refractivity (Wildman–Crippen MR) is 81.0 cm³/mol. The quantitative estimate of drug-likeness (QED) is 0.657. The van der Waals surface area contributed by atoms with E-state index in [2.05, 4.69) is 30.7 Å². The third-order valence-electron chi connectivity index (χ3n) is 3.29. The SMILES string of the molecule is FC(F)Oc1ccc(Nc2ccc(C(F)(F)F)cc2)c(-c2nn[nH]n2)c1. The summed E-state index contributed by atoms with van der Waals surface area (Å²) in [5.74, 6) is -0.0307. The zero-order valence-electron chi connectivity index (χ0n) is 12.8. The van der Waals surface area contributed by atoms with Crippen molar-refractivity contribution < 1.29 is 26.7 Å². The number of benzene rings is 2. The lowest BCUT2D eigenvalue weighted by molar-refractivity contribution is -0.137. The largest absolute Gasteiger partial charge is 0.435 e. The first-order valence-electron chi connectivity index (χ1n) is 7.10. The highest BCUT2D eigenvalue weighted by Crippen LogP contribution is 2.34. The van der Waals surface area contributed by atoms with Crippen molar-refractivity contribution >= 4 is 11.4 Å². The Morgan fingerprint density at radius 3 is 2.35 bits per heavy atom. The highest BCUT2D eigenvalue weighted by atomic mass is 19.4. The highest BCUT2D eigenvalue weighted by Gasteiger charge is 2.30. The molecule has 3 aromatic rings. The van der Waals surface area contributed by atoms with Gasteiger partial charge in [0.2, 0.25) is 5.82 Å². The molecule has 0 fully saturated rings. The second-order valence-electron chi connectivity index (χ2n) is 5.02. The first-order chi connectivity index (χ1) is 12.3. The molecule has 0 amide bonds. The summed E-state index contributed by atoms with van der Waals surface area (Å²) >= 11 is 0. The van der Waals surface area contributed by atoms with Crippen LogP contribution >= 0.6 is 0 Å². The van der Waals surface area contributed by atoms with Gasteiger partial charge >= 0.3 is 12.8 Å². The van der Waals surface area contributed by atoms with Crippen molar-refractivity contribution in [2.45, 2.75) is 12.8 Å². The molecular formula is C15H10F5N5O. The minimum atomic E-state index is -4.44. The molecular weight excluding hydrogens is 361 g/mol. The van der Waals surface area contributed by atoms with E-state index in [4.69, 9.17) is 0 Å². The molecule has 0 unspecified atom stereocenters. The normalized spacial score (nSPS) is 11.6. The molecule has 6 nitrogen and oxygen atoms in total. The number of hydrogen-bond acceptors (Lipinski definition) is 5. The van der Waals surface area contributed by atoms with Crippen molar-refractivity contribution in [3.05, 3.63) is 48.0 Å². The molecule has 2 aromatic carbocycles. The molecule has 0 bridgehead atoms. The van der Waals surface area contributed by atoms with Crippen LogP contribution in [0.15, 0.2) is 42.5 Å². The summed E-state index contributed by atoms with van der Waals surface area (Å²) in [5.41, 5.74) is 0.206. The third-order valence-corrected chi connectivity index (χ3v) is 3.29. The van der Waals surface area contributed by atoms with Crippen LogP contribution in [-0.4, -0.2) is 27.2 Å². The molecule has 136 valence electrons. The van der Waals surface area contributed by atoms with Crippen LogP contribution in [0.2, 0.25) is 0 Å². The molecule has 0 aliphatic carbocycles. The van der Waals surface area contributed by atoms with E-state index in [0.29, 0.717) is 11.4 Å². The van der Waals surface area contributed by atoms with Gasteiger partial charge in [0.15, 0.2) is 0 Å². The standard InChI is InChI=1S/C15H10F5N5O/c16-14(17)26-10-5-6-12(11(7-10)13-22-24-25-23-13)21-9-3-1-8(2-4-9)15(18,19)20/h1-7,14,21H,(H,22,23,24,25). The first kappa shape index (κ1) is 17.6. The smallest absolute Gasteiger partial charge is 0.416 e. The number of tetrazole rings is 1. The molecule has 0 atom stereocenters. The number of aromatic nitrogens is 4. The summed E-state index contributed by atoms with van der Waals surface area (Å²) in [6.07, 6.45) is -4.44. The maximum Gasteiger partial charge on any atom is 0.416 e. The van der Waals surface area contributed by atoms with E-state index in [0.717, 1.165) is 12.1 Å². The zero-order chi connectivity index (χ0) is 18.7. The number of alkyl halides is 5. The minimum Gasteiger partial charge on any atom is -0.435 e. The number of anilines is 2. The van der Waals surface area contributed by atoms with E-state index in [1.54, 1.807) is 0 Å². The Balaban J connectivity index is 1.91. The summed E-state index contributed by atoms with van der Waals surface area (Å²) in [6, 6.07) is 8.29. The molecule has 0 radical (unpaired) electrons. The van der Waals surface area contributed by atoms with Crippen molar-refractivity contribution in [3.8, 4) is 17.1 Å². The van der Waals surface area contributed by atoms with Crippen molar-refractivity contribution in [2.24, 2.45) is 0 Å². The molecule has 26 heavy (non-hydrogen) atoms. The van der Waals surface area contributed by atoms with E-state index in [9.17, 15) is 22.0 Å². The molecule has 2 N–H and O–H groups in total. The number of hydrogen-bond donors (Lipinski definition) is 2. The molecule has 0 spiro atoms. The monoisotopic (exact) mass is 371 g/mol. The van der Waals surface area contributed by atoms with Gasteiger partial charge in [0.05, 0.1) is 11.1 Å². The second kappa shape index (κ2) is 6.94. The zero-order valence-corrected chi connectivity index (χ0v) is 12.8. The Hall–Kier alpha value is -3.24. The first-order valence-corrected chi connectivity index (χ1v) is 7.10. The van der Waals surface area contributed by atoms with E-state index >= 15 is 0 Å². The fourth-order valence-electron chi connectivity index (χ4n) is 2.17. The van der Waals surface area contributed by atoms with Crippen LogP contribution in [0.5, 0.6) is 5.75 Å². The molecule has 0 aliphatic rings. The van der Waals surface area contributed by atoms with Gasteiger partial charge in [-0.15, -0.1) is 10.2 Å². The lowest BCUT2D eigenvalue weighted by Crippen LogP contribution is -2.05. The van der Waals surface area contributed by atoms with E-state index in [1.807, 2.05) is 0 Å². The van der Waals surface area contributed by atoms with Crippen LogP contribution in [0.1, 0.15) is 5.56 Å².